The first-order valence-electron chi connectivity index (χ1n) is 4.07. The van der Waals surface area contributed by atoms with Crippen LogP contribution in [-0.2, 0) is 0 Å². The SMILES string of the molecule is C=C(CCl)c1ccc(C)c(Br)c1C. The molecule has 0 saturated carbocycles. The lowest BCUT2D eigenvalue weighted by Crippen LogP contribution is -1.91. The van der Waals surface area contributed by atoms with Crippen molar-refractivity contribution in [3.63, 3.8) is 0 Å². The van der Waals surface area contributed by atoms with Gasteiger partial charge in [-0.25, -0.2) is 0 Å². The van der Waals surface area contributed by atoms with E-state index in [1.54, 1.807) is 0 Å². The third-order valence-corrected chi connectivity index (χ3v) is 3.66. The average Bonchev–Trinajstić information content (AvgIpc) is 2.13. The second-order valence-corrected chi connectivity index (χ2v) is 4.17. The number of benzene rings is 1. The summed E-state index contributed by atoms with van der Waals surface area (Å²) in [7, 11) is 0. The molecule has 1 aromatic rings. The fraction of sp³-hybridized carbons (Fsp3) is 0.273. The number of allylic oxidation sites excluding steroid dienone is 1. The molecular weight excluding hydrogens is 247 g/mol. The second-order valence-electron chi connectivity index (χ2n) is 3.11. The molecule has 0 aliphatic rings. The molecule has 0 spiro atoms. The highest BCUT2D eigenvalue weighted by atomic mass is 79.9. The Labute approximate surface area is 92.7 Å². The molecule has 0 bridgehead atoms. The minimum Gasteiger partial charge on any atom is -0.122 e. The lowest BCUT2D eigenvalue weighted by Gasteiger charge is -2.10. The van der Waals surface area contributed by atoms with Crippen molar-refractivity contribution in [1.29, 1.82) is 0 Å². The normalized spacial score (nSPS) is 10.2. The molecule has 0 fully saturated rings. The zero-order chi connectivity index (χ0) is 10.0. The molecule has 0 saturated heterocycles. The van der Waals surface area contributed by atoms with E-state index in [-0.39, 0.29) is 0 Å². The van der Waals surface area contributed by atoms with Gasteiger partial charge in [0.2, 0.25) is 0 Å². The van der Waals surface area contributed by atoms with Gasteiger partial charge in [-0.3, -0.25) is 0 Å². The van der Waals surface area contributed by atoms with E-state index >= 15 is 0 Å². The van der Waals surface area contributed by atoms with Crippen LogP contribution < -0.4 is 0 Å². The Morgan fingerprint density at radius 2 is 2.08 bits per heavy atom. The van der Waals surface area contributed by atoms with Crippen LogP contribution in [0.5, 0.6) is 0 Å². The molecule has 0 aliphatic heterocycles. The first kappa shape index (κ1) is 10.8. The van der Waals surface area contributed by atoms with Crippen LogP contribution in [0.2, 0.25) is 0 Å². The third kappa shape index (κ3) is 2.15. The molecule has 13 heavy (non-hydrogen) atoms. The molecule has 1 rings (SSSR count). The summed E-state index contributed by atoms with van der Waals surface area (Å²) in [5, 5.41) is 0. The predicted octanol–water partition coefficient (Wildman–Crippen LogP) is 4.32. The van der Waals surface area contributed by atoms with Crippen LogP contribution in [0.1, 0.15) is 16.7 Å². The highest BCUT2D eigenvalue weighted by molar-refractivity contribution is 9.10. The maximum Gasteiger partial charge on any atom is 0.0474 e. The summed E-state index contributed by atoms with van der Waals surface area (Å²) in [6.07, 6.45) is 0. The van der Waals surface area contributed by atoms with Gasteiger partial charge in [-0.2, -0.15) is 0 Å². The molecule has 0 radical (unpaired) electrons. The van der Waals surface area contributed by atoms with Crippen LogP contribution in [0.25, 0.3) is 5.57 Å². The smallest absolute Gasteiger partial charge is 0.0474 e. The van der Waals surface area contributed by atoms with Crippen LogP contribution >= 0.6 is 27.5 Å². The standard InChI is InChI=1S/C11H12BrCl/c1-7-4-5-10(8(2)6-13)9(3)11(7)12/h4-5H,2,6H2,1,3H3. The molecule has 2 heteroatoms. The van der Waals surface area contributed by atoms with E-state index in [9.17, 15) is 0 Å². The monoisotopic (exact) mass is 258 g/mol. The van der Waals surface area contributed by atoms with Gasteiger partial charge >= 0.3 is 0 Å². The number of rotatable bonds is 2. The highest BCUT2D eigenvalue weighted by Crippen LogP contribution is 2.27. The molecule has 0 nitrogen and oxygen atoms in total. The molecule has 0 aliphatic carbocycles. The van der Waals surface area contributed by atoms with E-state index in [2.05, 4.69) is 48.5 Å². The number of alkyl halides is 1. The summed E-state index contributed by atoms with van der Waals surface area (Å²) in [6.45, 7) is 8.07. The van der Waals surface area contributed by atoms with Crippen LogP contribution in [-0.4, -0.2) is 5.88 Å². The summed E-state index contributed by atoms with van der Waals surface area (Å²) < 4.78 is 1.15. The van der Waals surface area contributed by atoms with E-state index in [0.717, 1.165) is 15.6 Å². The van der Waals surface area contributed by atoms with E-state index in [1.165, 1.54) is 11.1 Å². The van der Waals surface area contributed by atoms with Crippen molar-refractivity contribution in [2.45, 2.75) is 13.8 Å². The van der Waals surface area contributed by atoms with Crippen molar-refractivity contribution in [2.24, 2.45) is 0 Å². The molecule has 0 amide bonds. The Morgan fingerprint density at radius 3 is 2.62 bits per heavy atom. The molecule has 0 atom stereocenters. The Kier molecular flexibility index (Phi) is 3.57. The summed E-state index contributed by atoms with van der Waals surface area (Å²) in [4.78, 5) is 0. The fourth-order valence-electron chi connectivity index (χ4n) is 1.28. The summed E-state index contributed by atoms with van der Waals surface area (Å²) in [6, 6.07) is 4.14. The first-order valence-corrected chi connectivity index (χ1v) is 5.40. The third-order valence-electron chi connectivity index (χ3n) is 2.12. The predicted molar refractivity (Wildman–Crippen MR) is 63.4 cm³/mol. The van der Waals surface area contributed by atoms with Crippen LogP contribution in [0, 0.1) is 13.8 Å². The first-order chi connectivity index (χ1) is 6.07. The molecular formula is C11H12BrCl. The van der Waals surface area contributed by atoms with Crippen LogP contribution in [0.4, 0.5) is 0 Å². The van der Waals surface area contributed by atoms with Gasteiger partial charge in [-0.15, -0.1) is 11.6 Å². The van der Waals surface area contributed by atoms with Crippen molar-refractivity contribution in [3.8, 4) is 0 Å². The van der Waals surface area contributed by atoms with E-state index < -0.39 is 0 Å². The Bertz CT molecular complexity index is 342. The van der Waals surface area contributed by atoms with E-state index in [1.807, 2.05) is 0 Å². The molecule has 0 aromatic heterocycles. The quantitative estimate of drug-likeness (QED) is 0.694. The van der Waals surface area contributed by atoms with Crippen molar-refractivity contribution in [2.75, 3.05) is 5.88 Å². The maximum absolute atomic E-state index is 5.74. The van der Waals surface area contributed by atoms with Crippen molar-refractivity contribution < 1.29 is 0 Å². The molecule has 0 heterocycles. The summed E-state index contributed by atoms with van der Waals surface area (Å²) in [5.74, 6) is 0.482. The van der Waals surface area contributed by atoms with Gasteiger partial charge in [0.25, 0.3) is 0 Å². The van der Waals surface area contributed by atoms with E-state index in [0.29, 0.717) is 5.88 Å². The van der Waals surface area contributed by atoms with Gasteiger partial charge in [0.15, 0.2) is 0 Å². The van der Waals surface area contributed by atoms with Crippen molar-refractivity contribution in [1.82, 2.24) is 0 Å². The van der Waals surface area contributed by atoms with Gasteiger partial charge in [0.1, 0.15) is 0 Å². The number of hydrogen-bond acceptors (Lipinski definition) is 0. The van der Waals surface area contributed by atoms with E-state index in [4.69, 9.17) is 11.6 Å². The largest absolute Gasteiger partial charge is 0.122 e. The zero-order valence-electron chi connectivity index (χ0n) is 7.82. The lowest BCUT2D eigenvalue weighted by atomic mass is 10.0. The minimum atomic E-state index is 0.482. The van der Waals surface area contributed by atoms with Crippen molar-refractivity contribution in [3.05, 3.63) is 39.9 Å². The van der Waals surface area contributed by atoms with Gasteiger partial charge in [-0.05, 0) is 36.1 Å². The zero-order valence-corrected chi connectivity index (χ0v) is 10.2. The van der Waals surface area contributed by atoms with Crippen LogP contribution in [0.15, 0.2) is 23.2 Å². The maximum atomic E-state index is 5.74. The van der Waals surface area contributed by atoms with Gasteiger partial charge < -0.3 is 0 Å². The lowest BCUT2D eigenvalue weighted by molar-refractivity contribution is 1.31. The topological polar surface area (TPSA) is 0 Å². The second kappa shape index (κ2) is 4.30. The molecule has 1 aromatic carbocycles. The molecule has 0 N–H and O–H groups in total. The number of aryl methyl sites for hydroxylation is 1. The summed E-state index contributed by atoms with van der Waals surface area (Å²) >= 11 is 9.28. The van der Waals surface area contributed by atoms with Gasteiger partial charge in [0, 0.05) is 10.4 Å². The highest BCUT2D eigenvalue weighted by Gasteiger charge is 2.06. The minimum absolute atomic E-state index is 0.482. The Hall–Kier alpha value is -0.270. The van der Waals surface area contributed by atoms with Gasteiger partial charge in [0.05, 0.1) is 0 Å². The number of halogens is 2. The Morgan fingerprint density at radius 1 is 1.46 bits per heavy atom. The number of hydrogen-bond donors (Lipinski definition) is 0. The average molecular weight is 260 g/mol. The fourth-order valence-corrected chi connectivity index (χ4v) is 1.77. The Balaban J connectivity index is 3.26. The van der Waals surface area contributed by atoms with Crippen LogP contribution in [0.3, 0.4) is 0 Å². The summed E-state index contributed by atoms with van der Waals surface area (Å²) in [5.41, 5.74) is 4.57. The van der Waals surface area contributed by atoms with Crippen molar-refractivity contribution >= 4 is 33.1 Å². The molecule has 70 valence electrons. The molecule has 0 unspecified atom stereocenters. The van der Waals surface area contributed by atoms with Gasteiger partial charge in [-0.1, -0.05) is 34.6 Å².